The van der Waals surface area contributed by atoms with Gasteiger partial charge in [-0.25, -0.2) is 0 Å². The van der Waals surface area contributed by atoms with Gasteiger partial charge in [-0.3, -0.25) is 4.79 Å². The normalized spacial score (nSPS) is 16.2. The summed E-state index contributed by atoms with van der Waals surface area (Å²) in [6.45, 7) is 5.56. The molecule has 3 heteroatoms. The number of hydrogen-bond acceptors (Lipinski definition) is 2. The first-order valence-corrected chi connectivity index (χ1v) is 5.80. The Bertz CT molecular complexity index is 370. The molecule has 0 atom stereocenters. The third kappa shape index (κ3) is 2.83. The van der Waals surface area contributed by atoms with E-state index in [2.05, 4.69) is 24.4 Å². The topological polar surface area (TPSA) is 32.3 Å². The SMILES string of the molecule is Cc1cccc(CC(=O)N2CCNCC2)c1. The highest BCUT2D eigenvalue weighted by atomic mass is 16.2. The molecule has 0 spiro atoms. The van der Waals surface area contributed by atoms with Gasteiger partial charge in [-0.15, -0.1) is 0 Å². The van der Waals surface area contributed by atoms with E-state index in [-0.39, 0.29) is 5.91 Å². The van der Waals surface area contributed by atoms with E-state index in [1.807, 2.05) is 17.0 Å². The third-order valence-electron chi connectivity index (χ3n) is 2.91. The number of nitrogens with one attached hydrogen (secondary N) is 1. The lowest BCUT2D eigenvalue weighted by Crippen LogP contribution is -2.46. The summed E-state index contributed by atoms with van der Waals surface area (Å²) in [5.41, 5.74) is 2.33. The van der Waals surface area contributed by atoms with Gasteiger partial charge >= 0.3 is 0 Å². The van der Waals surface area contributed by atoms with Crippen molar-refractivity contribution in [1.29, 1.82) is 0 Å². The van der Waals surface area contributed by atoms with E-state index in [9.17, 15) is 4.79 Å². The highest BCUT2D eigenvalue weighted by Gasteiger charge is 2.15. The maximum atomic E-state index is 12.0. The molecule has 1 aromatic rings. The van der Waals surface area contributed by atoms with Crippen molar-refractivity contribution in [1.82, 2.24) is 10.2 Å². The Morgan fingerprint density at radius 1 is 1.38 bits per heavy atom. The van der Waals surface area contributed by atoms with Gasteiger partial charge in [0.15, 0.2) is 0 Å². The molecule has 16 heavy (non-hydrogen) atoms. The van der Waals surface area contributed by atoms with Gasteiger partial charge in [0.1, 0.15) is 0 Å². The zero-order valence-corrected chi connectivity index (χ0v) is 9.70. The van der Waals surface area contributed by atoms with Crippen LogP contribution in [0, 0.1) is 6.92 Å². The van der Waals surface area contributed by atoms with Crippen molar-refractivity contribution in [2.24, 2.45) is 0 Å². The first-order chi connectivity index (χ1) is 7.75. The Labute approximate surface area is 96.5 Å². The molecule has 2 rings (SSSR count). The van der Waals surface area contributed by atoms with Crippen LogP contribution < -0.4 is 5.32 Å². The predicted molar refractivity (Wildman–Crippen MR) is 64.3 cm³/mol. The molecule has 3 nitrogen and oxygen atoms in total. The zero-order chi connectivity index (χ0) is 11.4. The minimum Gasteiger partial charge on any atom is -0.340 e. The molecule has 1 N–H and O–H groups in total. The van der Waals surface area contributed by atoms with Gasteiger partial charge in [-0.2, -0.15) is 0 Å². The van der Waals surface area contributed by atoms with Crippen LogP contribution in [0.3, 0.4) is 0 Å². The van der Waals surface area contributed by atoms with Crippen molar-refractivity contribution in [2.45, 2.75) is 13.3 Å². The fraction of sp³-hybridized carbons (Fsp3) is 0.462. The summed E-state index contributed by atoms with van der Waals surface area (Å²) < 4.78 is 0. The van der Waals surface area contributed by atoms with Gasteiger partial charge < -0.3 is 10.2 Å². The van der Waals surface area contributed by atoms with Crippen molar-refractivity contribution in [3.8, 4) is 0 Å². The van der Waals surface area contributed by atoms with Crippen LogP contribution in [0.2, 0.25) is 0 Å². The summed E-state index contributed by atoms with van der Waals surface area (Å²) >= 11 is 0. The summed E-state index contributed by atoms with van der Waals surface area (Å²) in [5.74, 6) is 0.243. The lowest BCUT2D eigenvalue weighted by atomic mass is 10.1. The fourth-order valence-electron chi connectivity index (χ4n) is 2.02. The van der Waals surface area contributed by atoms with Crippen LogP contribution in [0.1, 0.15) is 11.1 Å². The number of hydrogen-bond donors (Lipinski definition) is 1. The van der Waals surface area contributed by atoms with Crippen molar-refractivity contribution >= 4 is 5.91 Å². The second-order valence-electron chi connectivity index (χ2n) is 4.30. The molecular weight excluding hydrogens is 200 g/mol. The molecule has 0 bridgehead atoms. The first kappa shape index (κ1) is 11.1. The summed E-state index contributed by atoms with van der Waals surface area (Å²) in [6.07, 6.45) is 0.529. The van der Waals surface area contributed by atoms with Crippen LogP contribution in [0.15, 0.2) is 24.3 Å². The van der Waals surface area contributed by atoms with E-state index in [0.717, 1.165) is 31.7 Å². The number of piperazine rings is 1. The molecule has 0 unspecified atom stereocenters. The Balaban J connectivity index is 1.96. The standard InChI is InChI=1S/C13H18N2O/c1-11-3-2-4-12(9-11)10-13(16)15-7-5-14-6-8-15/h2-4,9,14H,5-8,10H2,1H3. The van der Waals surface area contributed by atoms with Crippen LogP contribution in [0.5, 0.6) is 0 Å². The second kappa shape index (κ2) is 5.12. The Kier molecular flexibility index (Phi) is 3.57. The van der Waals surface area contributed by atoms with E-state index < -0.39 is 0 Å². The number of carbonyl (C=O) groups is 1. The van der Waals surface area contributed by atoms with Crippen molar-refractivity contribution in [3.05, 3.63) is 35.4 Å². The first-order valence-electron chi connectivity index (χ1n) is 5.80. The molecule has 86 valence electrons. The molecule has 0 radical (unpaired) electrons. The summed E-state index contributed by atoms with van der Waals surface area (Å²) in [6, 6.07) is 8.17. The maximum Gasteiger partial charge on any atom is 0.227 e. The Morgan fingerprint density at radius 2 is 2.12 bits per heavy atom. The van der Waals surface area contributed by atoms with Crippen LogP contribution in [-0.4, -0.2) is 37.0 Å². The van der Waals surface area contributed by atoms with Gasteiger partial charge in [0.25, 0.3) is 0 Å². The molecule has 1 aromatic carbocycles. The fourth-order valence-corrected chi connectivity index (χ4v) is 2.02. The molecule has 0 aliphatic carbocycles. The average Bonchev–Trinajstić information content (AvgIpc) is 2.30. The van der Waals surface area contributed by atoms with Gasteiger partial charge in [0.05, 0.1) is 6.42 Å². The van der Waals surface area contributed by atoms with E-state index in [1.165, 1.54) is 5.56 Å². The molecule has 1 fully saturated rings. The second-order valence-corrected chi connectivity index (χ2v) is 4.30. The predicted octanol–water partition coefficient (Wildman–Crippen LogP) is 0.969. The van der Waals surface area contributed by atoms with E-state index in [4.69, 9.17) is 0 Å². The lowest BCUT2D eigenvalue weighted by molar-refractivity contribution is -0.131. The van der Waals surface area contributed by atoms with Gasteiger partial charge in [0.2, 0.25) is 5.91 Å². The number of benzene rings is 1. The smallest absolute Gasteiger partial charge is 0.227 e. The Morgan fingerprint density at radius 3 is 2.81 bits per heavy atom. The lowest BCUT2D eigenvalue weighted by Gasteiger charge is -2.27. The molecule has 0 saturated carbocycles. The number of rotatable bonds is 2. The van der Waals surface area contributed by atoms with Crippen LogP contribution >= 0.6 is 0 Å². The van der Waals surface area contributed by atoms with Crippen LogP contribution in [0.25, 0.3) is 0 Å². The van der Waals surface area contributed by atoms with Crippen LogP contribution in [-0.2, 0) is 11.2 Å². The zero-order valence-electron chi connectivity index (χ0n) is 9.70. The van der Waals surface area contributed by atoms with E-state index >= 15 is 0 Å². The monoisotopic (exact) mass is 218 g/mol. The van der Waals surface area contributed by atoms with Crippen molar-refractivity contribution in [2.75, 3.05) is 26.2 Å². The van der Waals surface area contributed by atoms with Gasteiger partial charge in [0, 0.05) is 26.2 Å². The number of carbonyl (C=O) groups excluding carboxylic acids is 1. The number of aryl methyl sites for hydroxylation is 1. The number of nitrogens with zero attached hydrogens (tertiary/aromatic N) is 1. The van der Waals surface area contributed by atoms with Gasteiger partial charge in [-0.1, -0.05) is 29.8 Å². The third-order valence-corrected chi connectivity index (χ3v) is 2.91. The van der Waals surface area contributed by atoms with E-state index in [0.29, 0.717) is 6.42 Å². The molecule has 1 aliphatic heterocycles. The summed E-state index contributed by atoms with van der Waals surface area (Å²) in [7, 11) is 0. The summed E-state index contributed by atoms with van der Waals surface area (Å²) in [5, 5.41) is 3.25. The van der Waals surface area contributed by atoms with Crippen molar-refractivity contribution in [3.63, 3.8) is 0 Å². The molecule has 1 aliphatic rings. The molecule has 1 heterocycles. The molecular formula is C13H18N2O. The minimum absolute atomic E-state index is 0.243. The highest BCUT2D eigenvalue weighted by Crippen LogP contribution is 2.07. The quantitative estimate of drug-likeness (QED) is 0.802. The largest absolute Gasteiger partial charge is 0.340 e. The minimum atomic E-state index is 0.243. The van der Waals surface area contributed by atoms with Crippen LogP contribution in [0.4, 0.5) is 0 Å². The highest BCUT2D eigenvalue weighted by molar-refractivity contribution is 5.78. The maximum absolute atomic E-state index is 12.0. The van der Waals surface area contributed by atoms with Crippen molar-refractivity contribution < 1.29 is 4.79 Å². The van der Waals surface area contributed by atoms with E-state index in [1.54, 1.807) is 0 Å². The summed E-state index contributed by atoms with van der Waals surface area (Å²) in [4.78, 5) is 13.9. The molecule has 1 saturated heterocycles. The average molecular weight is 218 g/mol. The Hall–Kier alpha value is -1.35. The number of amides is 1. The van der Waals surface area contributed by atoms with Gasteiger partial charge in [-0.05, 0) is 12.5 Å². The molecule has 1 amide bonds. The molecule has 0 aromatic heterocycles.